The lowest BCUT2D eigenvalue weighted by Gasteiger charge is -1.93. The molecule has 2 aliphatic rings. The van der Waals surface area contributed by atoms with Crippen LogP contribution in [0.2, 0.25) is 0 Å². The Morgan fingerprint density at radius 3 is 2.59 bits per heavy atom. The highest BCUT2D eigenvalue weighted by Crippen LogP contribution is 2.15. The van der Waals surface area contributed by atoms with Crippen molar-refractivity contribution in [3.05, 3.63) is 77.2 Å². The van der Waals surface area contributed by atoms with Crippen molar-refractivity contribution >= 4 is 29.0 Å². The van der Waals surface area contributed by atoms with Crippen LogP contribution in [0.4, 0.5) is 5.69 Å². The summed E-state index contributed by atoms with van der Waals surface area (Å²) in [6.45, 7) is 0. The molecule has 0 spiro atoms. The molecule has 0 amide bonds. The summed E-state index contributed by atoms with van der Waals surface area (Å²) < 4.78 is 0. The van der Waals surface area contributed by atoms with Gasteiger partial charge in [-0.2, -0.15) is 0 Å². The van der Waals surface area contributed by atoms with Gasteiger partial charge in [0.1, 0.15) is 6.34 Å². The van der Waals surface area contributed by atoms with Crippen molar-refractivity contribution in [2.24, 2.45) is 15.0 Å². The van der Waals surface area contributed by atoms with Crippen LogP contribution in [0.5, 0.6) is 0 Å². The molecule has 0 saturated heterocycles. The minimum Gasteiger partial charge on any atom is -0.256 e. The SMILES string of the molecule is C1=Cc2c3c(ccc2=N1)=NC=N3.c1ccc2ncccc2c1. The average Bonchev–Trinajstić information content (AvgIpc) is 3.23. The summed E-state index contributed by atoms with van der Waals surface area (Å²) in [4.78, 5) is 16.6. The number of hydrogen-bond acceptors (Lipinski definition) is 4. The van der Waals surface area contributed by atoms with E-state index in [9.17, 15) is 0 Å². The molecule has 1 aromatic heterocycles. The molecule has 2 aliphatic heterocycles. The van der Waals surface area contributed by atoms with Gasteiger partial charge >= 0.3 is 0 Å². The summed E-state index contributed by atoms with van der Waals surface area (Å²) in [5, 5.41) is 3.13. The van der Waals surface area contributed by atoms with E-state index in [0.717, 1.165) is 27.5 Å². The summed E-state index contributed by atoms with van der Waals surface area (Å²) in [6, 6.07) is 16.0. The van der Waals surface area contributed by atoms with Gasteiger partial charge in [-0.15, -0.1) is 0 Å². The molecule has 0 N–H and O–H groups in total. The van der Waals surface area contributed by atoms with Crippen LogP contribution in [0.15, 0.2) is 75.9 Å². The van der Waals surface area contributed by atoms with Crippen LogP contribution in [0.1, 0.15) is 5.56 Å². The van der Waals surface area contributed by atoms with E-state index in [1.807, 2.05) is 48.7 Å². The topological polar surface area (TPSA) is 50.0 Å². The molecule has 104 valence electrons. The van der Waals surface area contributed by atoms with Gasteiger partial charge in [0.05, 0.1) is 21.9 Å². The summed E-state index contributed by atoms with van der Waals surface area (Å²) in [5.74, 6) is 0. The number of benzene rings is 2. The second kappa shape index (κ2) is 5.33. The molecule has 22 heavy (non-hydrogen) atoms. The molecule has 0 unspecified atom stereocenters. The lowest BCUT2D eigenvalue weighted by Crippen LogP contribution is -2.09. The maximum atomic E-state index is 4.18. The van der Waals surface area contributed by atoms with Crippen molar-refractivity contribution in [2.45, 2.75) is 0 Å². The smallest absolute Gasteiger partial charge is 0.116 e. The van der Waals surface area contributed by atoms with E-state index in [2.05, 4.69) is 32.1 Å². The lowest BCUT2D eigenvalue weighted by molar-refractivity contribution is 1.34. The first kappa shape index (κ1) is 12.6. The predicted molar refractivity (Wildman–Crippen MR) is 87.7 cm³/mol. The molecule has 5 rings (SSSR count). The number of rotatable bonds is 0. The fourth-order valence-electron chi connectivity index (χ4n) is 2.46. The van der Waals surface area contributed by atoms with Crippen LogP contribution >= 0.6 is 0 Å². The van der Waals surface area contributed by atoms with Crippen LogP contribution in [0.3, 0.4) is 0 Å². The Kier molecular flexibility index (Phi) is 3.05. The molecule has 4 nitrogen and oxygen atoms in total. The molecule has 3 heterocycles. The van der Waals surface area contributed by atoms with E-state index in [1.54, 1.807) is 12.5 Å². The van der Waals surface area contributed by atoms with Crippen molar-refractivity contribution in [3.63, 3.8) is 0 Å². The van der Waals surface area contributed by atoms with Crippen LogP contribution in [0, 0.1) is 0 Å². The van der Waals surface area contributed by atoms with E-state index >= 15 is 0 Å². The van der Waals surface area contributed by atoms with Gasteiger partial charge < -0.3 is 0 Å². The monoisotopic (exact) mass is 284 g/mol. The van der Waals surface area contributed by atoms with Crippen LogP contribution in [-0.2, 0) is 0 Å². The van der Waals surface area contributed by atoms with Gasteiger partial charge in [0.25, 0.3) is 0 Å². The first-order valence-corrected chi connectivity index (χ1v) is 6.99. The fraction of sp³-hybridized carbons (Fsp3) is 0. The number of hydrogen-bond donors (Lipinski definition) is 0. The molecule has 0 fully saturated rings. The van der Waals surface area contributed by atoms with E-state index in [-0.39, 0.29) is 0 Å². The van der Waals surface area contributed by atoms with Gasteiger partial charge in [-0.3, -0.25) is 9.98 Å². The number of fused-ring (bicyclic) bond motifs is 4. The Bertz CT molecular complexity index is 918. The maximum Gasteiger partial charge on any atom is 0.116 e. The highest BCUT2D eigenvalue weighted by Gasteiger charge is 2.08. The largest absolute Gasteiger partial charge is 0.256 e. The molecule has 3 aromatic rings. The number of aromatic nitrogens is 1. The first-order valence-electron chi connectivity index (χ1n) is 6.99. The number of para-hydroxylation sites is 1. The zero-order valence-electron chi connectivity index (χ0n) is 11.7. The molecule has 0 radical (unpaired) electrons. The van der Waals surface area contributed by atoms with Crippen LogP contribution in [0.25, 0.3) is 17.0 Å². The molecule has 0 aliphatic carbocycles. The Hall–Kier alpha value is -3.14. The van der Waals surface area contributed by atoms with E-state index in [4.69, 9.17) is 0 Å². The Morgan fingerprint density at radius 1 is 0.773 bits per heavy atom. The van der Waals surface area contributed by atoms with Gasteiger partial charge in [-0.25, -0.2) is 9.98 Å². The molecule has 2 aromatic carbocycles. The summed E-state index contributed by atoms with van der Waals surface area (Å²) in [6.07, 6.45) is 7.14. The zero-order chi connectivity index (χ0) is 14.8. The molecule has 0 saturated carbocycles. The van der Waals surface area contributed by atoms with Gasteiger partial charge in [-0.1, -0.05) is 24.3 Å². The zero-order valence-corrected chi connectivity index (χ0v) is 11.7. The van der Waals surface area contributed by atoms with Gasteiger partial charge in [-0.05, 0) is 30.3 Å². The fourth-order valence-corrected chi connectivity index (χ4v) is 2.46. The van der Waals surface area contributed by atoms with Crippen LogP contribution < -0.4 is 10.7 Å². The standard InChI is InChI=1S/C9H5N3.C9H7N/c1-2-8-9(12-5-11-8)6-3-4-10-7(1)6;1-2-6-9-8(4-1)5-3-7-10-9/h1-5H;1-7H. The lowest BCUT2D eigenvalue weighted by atomic mass is 10.2. The highest BCUT2D eigenvalue weighted by atomic mass is 14.9. The van der Waals surface area contributed by atoms with E-state index in [1.165, 1.54) is 5.39 Å². The number of aliphatic imine (C=N–C) groups is 1. The minimum absolute atomic E-state index is 0.940. The molecule has 4 heteroatoms. The maximum absolute atomic E-state index is 4.18. The van der Waals surface area contributed by atoms with Crippen molar-refractivity contribution < 1.29 is 0 Å². The average molecular weight is 284 g/mol. The van der Waals surface area contributed by atoms with Gasteiger partial charge in [0.15, 0.2) is 0 Å². The molecular formula is C18H12N4. The Balaban J connectivity index is 0.000000116. The highest BCUT2D eigenvalue weighted by molar-refractivity contribution is 5.77. The van der Waals surface area contributed by atoms with Crippen molar-refractivity contribution in [1.29, 1.82) is 0 Å². The van der Waals surface area contributed by atoms with Crippen LogP contribution in [-0.4, -0.2) is 11.3 Å². The van der Waals surface area contributed by atoms with E-state index in [0.29, 0.717) is 0 Å². The second-order valence-corrected chi connectivity index (χ2v) is 4.88. The summed E-state index contributed by atoms with van der Waals surface area (Å²) in [7, 11) is 0. The number of nitrogens with zero attached hydrogens (tertiary/aromatic N) is 4. The van der Waals surface area contributed by atoms with Crippen molar-refractivity contribution in [2.75, 3.05) is 0 Å². The summed E-state index contributed by atoms with van der Waals surface area (Å²) >= 11 is 0. The van der Waals surface area contributed by atoms with Gasteiger partial charge in [0.2, 0.25) is 0 Å². The quantitative estimate of drug-likeness (QED) is 0.626. The van der Waals surface area contributed by atoms with E-state index < -0.39 is 0 Å². The Morgan fingerprint density at radius 2 is 1.64 bits per heavy atom. The third-order valence-electron chi connectivity index (χ3n) is 3.52. The second-order valence-electron chi connectivity index (χ2n) is 4.88. The Labute approximate surface area is 126 Å². The third kappa shape index (κ3) is 2.20. The summed E-state index contributed by atoms with van der Waals surface area (Å²) in [5.41, 5.74) is 3.10. The molecular weight excluding hydrogens is 272 g/mol. The van der Waals surface area contributed by atoms with Gasteiger partial charge in [0, 0.05) is 23.3 Å². The minimum atomic E-state index is 0.940. The third-order valence-corrected chi connectivity index (χ3v) is 3.52. The first-order chi connectivity index (χ1) is 10.9. The predicted octanol–water partition coefficient (Wildman–Crippen LogP) is 2.82. The van der Waals surface area contributed by atoms with Crippen molar-refractivity contribution in [3.8, 4) is 0 Å². The van der Waals surface area contributed by atoms with Crippen molar-refractivity contribution in [1.82, 2.24) is 4.98 Å². The molecule has 0 atom stereocenters. The molecule has 0 bridgehead atoms. The normalized spacial score (nSPS) is 12.9. The number of pyridine rings is 1.